The molecule has 1 nitrogen and oxygen atoms in total. The van der Waals surface area contributed by atoms with Crippen LogP contribution in [-0.2, 0) is 17.2 Å². The van der Waals surface area contributed by atoms with Gasteiger partial charge >= 0.3 is 0 Å². The molecule has 3 aromatic rings. The predicted octanol–water partition coefficient (Wildman–Crippen LogP) is 5.78. The number of benzene rings is 3. The molecule has 1 atom stereocenters. The Morgan fingerprint density at radius 1 is 0.792 bits per heavy atom. The van der Waals surface area contributed by atoms with Crippen molar-refractivity contribution in [3.8, 4) is 11.1 Å². The Balaban J connectivity index is 1.83. The van der Waals surface area contributed by atoms with Crippen LogP contribution in [-0.4, -0.2) is 4.21 Å². The summed E-state index contributed by atoms with van der Waals surface area (Å²) < 4.78 is 12.8. The zero-order valence-corrected chi connectivity index (χ0v) is 15.0. The van der Waals surface area contributed by atoms with E-state index in [1.165, 1.54) is 16.7 Å². The molecule has 0 saturated heterocycles. The van der Waals surface area contributed by atoms with Crippen molar-refractivity contribution >= 4 is 10.8 Å². The maximum Gasteiger partial charge on any atom is 0.0849 e. The number of rotatable bonds is 5. The molecule has 3 rings (SSSR count). The largest absolute Gasteiger partial charge is 0.249 e. The first kappa shape index (κ1) is 16.7. The van der Waals surface area contributed by atoms with Gasteiger partial charge in [0.25, 0.3) is 0 Å². The minimum atomic E-state index is -1.13. The smallest absolute Gasteiger partial charge is 0.0849 e. The van der Waals surface area contributed by atoms with E-state index < -0.39 is 10.8 Å². The van der Waals surface area contributed by atoms with Gasteiger partial charge in [-0.05, 0) is 54.3 Å². The molecule has 0 aliphatic carbocycles. The van der Waals surface area contributed by atoms with Crippen LogP contribution in [0.5, 0.6) is 0 Å². The van der Waals surface area contributed by atoms with Crippen LogP contribution in [0.3, 0.4) is 0 Å². The van der Waals surface area contributed by atoms with Gasteiger partial charge in [0.1, 0.15) is 0 Å². The fourth-order valence-corrected chi connectivity index (χ4v) is 3.87. The Hall–Kier alpha value is -2.19. The number of hydrogen-bond donors (Lipinski definition) is 0. The minimum absolute atomic E-state index is 0.847. The molecule has 0 N–H and O–H groups in total. The molecule has 0 heterocycles. The molecule has 1 unspecified atom stereocenters. The molecular formula is C22H22OS. The summed E-state index contributed by atoms with van der Waals surface area (Å²) in [6.45, 7) is 4.25. The van der Waals surface area contributed by atoms with Gasteiger partial charge in [0.2, 0.25) is 0 Å². The van der Waals surface area contributed by atoms with Gasteiger partial charge in [-0.1, -0.05) is 67.4 Å². The topological polar surface area (TPSA) is 17.1 Å². The van der Waals surface area contributed by atoms with E-state index in [1.54, 1.807) is 0 Å². The molecule has 24 heavy (non-hydrogen) atoms. The summed E-state index contributed by atoms with van der Waals surface area (Å²) in [5.41, 5.74) is 4.83. The average Bonchev–Trinajstić information content (AvgIpc) is 2.62. The average molecular weight is 334 g/mol. The fraction of sp³-hybridized carbons (Fsp3) is 0.182. The van der Waals surface area contributed by atoms with E-state index in [1.807, 2.05) is 36.4 Å². The van der Waals surface area contributed by atoms with Crippen LogP contribution >= 0.6 is 0 Å². The highest BCUT2D eigenvalue weighted by Crippen LogP contribution is 2.24. The first-order valence-electron chi connectivity index (χ1n) is 8.35. The third kappa shape index (κ3) is 3.82. The highest BCUT2D eigenvalue weighted by molar-refractivity contribution is 7.85. The Morgan fingerprint density at radius 3 is 2.04 bits per heavy atom. The molecule has 0 fully saturated rings. The number of hydrogen-bond acceptors (Lipinski definition) is 1. The lowest BCUT2D eigenvalue weighted by atomic mass is 10.0. The molecule has 0 saturated carbocycles. The number of aryl methyl sites for hydroxylation is 2. The van der Waals surface area contributed by atoms with Crippen molar-refractivity contribution in [3.63, 3.8) is 0 Å². The molecule has 3 aromatic carbocycles. The first-order chi connectivity index (χ1) is 11.7. The molecular weight excluding hydrogens is 312 g/mol. The van der Waals surface area contributed by atoms with Gasteiger partial charge in [0.15, 0.2) is 0 Å². The van der Waals surface area contributed by atoms with Crippen molar-refractivity contribution in [3.05, 3.63) is 83.9 Å². The van der Waals surface area contributed by atoms with E-state index >= 15 is 0 Å². The molecule has 0 bridgehead atoms. The van der Waals surface area contributed by atoms with E-state index in [-0.39, 0.29) is 0 Å². The Labute approximate surface area is 146 Å². The molecule has 0 spiro atoms. The maximum atomic E-state index is 12.8. The summed E-state index contributed by atoms with van der Waals surface area (Å²) in [6, 6.07) is 24.6. The summed E-state index contributed by atoms with van der Waals surface area (Å²) in [5.74, 6) is 0. The summed E-state index contributed by atoms with van der Waals surface area (Å²) >= 11 is 0. The van der Waals surface area contributed by atoms with E-state index in [0.29, 0.717) is 0 Å². The van der Waals surface area contributed by atoms with E-state index in [0.717, 1.165) is 28.2 Å². The normalized spacial score (nSPS) is 12.1. The Kier molecular flexibility index (Phi) is 5.27. The second-order valence-corrected chi connectivity index (χ2v) is 7.54. The minimum Gasteiger partial charge on any atom is -0.249 e. The quantitative estimate of drug-likeness (QED) is 0.578. The lowest BCUT2D eigenvalue weighted by Crippen LogP contribution is -1.94. The van der Waals surface area contributed by atoms with Gasteiger partial charge in [0.05, 0.1) is 10.8 Å². The van der Waals surface area contributed by atoms with Gasteiger partial charge in [-0.25, -0.2) is 4.21 Å². The van der Waals surface area contributed by atoms with Gasteiger partial charge < -0.3 is 0 Å². The molecule has 0 aliphatic rings. The van der Waals surface area contributed by atoms with Crippen molar-refractivity contribution in [2.45, 2.75) is 36.5 Å². The van der Waals surface area contributed by atoms with Gasteiger partial charge in [-0.15, -0.1) is 0 Å². The first-order valence-corrected chi connectivity index (χ1v) is 9.50. The van der Waals surface area contributed by atoms with Crippen molar-refractivity contribution in [2.75, 3.05) is 0 Å². The SMILES string of the molecule is CCCc1cccc(S(=O)c2ccc(-c3ccc(C)cc3)cc2)c1. The molecule has 0 amide bonds. The Morgan fingerprint density at radius 2 is 1.42 bits per heavy atom. The van der Waals surface area contributed by atoms with Gasteiger partial charge in [0, 0.05) is 9.79 Å². The molecule has 2 heteroatoms. The molecule has 0 radical (unpaired) electrons. The van der Waals surface area contributed by atoms with E-state index in [4.69, 9.17) is 0 Å². The van der Waals surface area contributed by atoms with Gasteiger partial charge in [-0.3, -0.25) is 0 Å². The van der Waals surface area contributed by atoms with Crippen molar-refractivity contribution in [1.29, 1.82) is 0 Å². The highest BCUT2D eigenvalue weighted by atomic mass is 32.2. The van der Waals surface area contributed by atoms with Crippen molar-refractivity contribution < 1.29 is 4.21 Å². The van der Waals surface area contributed by atoms with Gasteiger partial charge in [-0.2, -0.15) is 0 Å². The third-order valence-electron chi connectivity index (χ3n) is 4.10. The molecule has 0 aliphatic heterocycles. The predicted molar refractivity (Wildman–Crippen MR) is 102 cm³/mol. The summed E-state index contributed by atoms with van der Waals surface area (Å²) in [4.78, 5) is 1.73. The molecule has 122 valence electrons. The summed E-state index contributed by atoms with van der Waals surface area (Å²) in [7, 11) is -1.13. The van der Waals surface area contributed by atoms with E-state index in [2.05, 4.69) is 50.2 Å². The van der Waals surface area contributed by atoms with Crippen LogP contribution in [0.15, 0.2) is 82.6 Å². The second kappa shape index (κ2) is 7.59. The second-order valence-electron chi connectivity index (χ2n) is 6.06. The van der Waals surface area contributed by atoms with Crippen LogP contribution in [0.4, 0.5) is 0 Å². The Bertz CT molecular complexity index is 833. The summed E-state index contributed by atoms with van der Waals surface area (Å²) in [6.07, 6.45) is 2.12. The zero-order valence-electron chi connectivity index (χ0n) is 14.2. The van der Waals surface area contributed by atoms with Crippen LogP contribution in [0, 0.1) is 6.92 Å². The van der Waals surface area contributed by atoms with Crippen molar-refractivity contribution in [2.24, 2.45) is 0 Å². The third-order valence-corrected chi connectivity index (χ3v) is 5.49. The fourth-order valence-electron chi connectivity index (χ4n) is 2.76. The molecule has 0 aromatic heterocycles. The summed E-state index contributed by atoms with van der Waals surface area (Å²) in [5, 5.41) is 0. The van der Waals surface area contributed by atoms with Crippen LogP contribution in [0.25, 0.3) is 11.1 Å². The monoisotopic (exact) mass is 334 g/mol. The lowest BCUT2D eigenvalue weighted by Gasteiger charge is -2.07. The maximum absolute atomic E-state index is 12.8. The van der Waals surface area contributed by atoms with Crippen LogP contribution in [0.2, 0.25) is 0 Å². The zero-order chi connectivity index (χ0) is 16.9. The van der Waals surface area contributed by atoms with Crippen LogP contribution < -0.4 is 0 Å². The highest BCUT2D eigenvalue weighted by Gasteiger charge is 2.08. The standard InChI is InChI=1S/C22H22OS/c1-3-5-18-6-4-7-22(16-18)24(23)21-14-12-20(13-15-21)19-10-8-17(2)9-11-19/h4,6-16H,3,5H2,1-2H3. The van der Waals surface area contributed by atoms with Crippen LogP contribution in [0.1, 0.15) is 24.5 Å². The van der Waals surface area contributed by atoms with Crippen molar-refractivity contribution in [1.82, 2.24) is 0 Å². The lowest BCUT2D eigenvalue weighted by molar-refractivity contribution is 0.683. The van der Waals surface area contributed by atoms with E-state index in [9.17, 15) is 4.21 Å².